The summed E-state index contributed by atoms with van der Waals surface area (Å²) >= 11 is 2.76. The number of carbonyl (C=O) groups excluding carboxylic acids is 1. The van der Waals surface area contributed by atoms with Crippen molar-refractivity contribution >= 4 is 49.8 Å². The summed E-state index contributed by atoms with van der Waals surface area (Å²) in [6.45, 7) is -0.203. The lowest BCUT2D eigenvalue weighted by Crippen LogP contribution is -2.48. The zero-order valence-corrected chi connectivity index (χ0v) is 22.1. The SMILES string of the molecule is COc1ccc(S(=O)(=O)N2C[C@@H](C(=O)Nc3nnc(SCc4ccccc4)s3)Oc3ccccc32)cc1. The molecule has 1 aliphatic heterocycles. The van der Waals surface area contributed by atoms with E-state index in [9.17, 15) is 13.2 Å². The Hall–Kier alpha value is -3.61. The lowest BCUT2D eigenvalue weighted by Gasteiger charge is -2.34. The summed E-state index contributed by atoms with van der Waals surface area (Å²) in [5.41, 5.74) is 1.51. The van der Waals surface area contributed by atoms with Gasteiger partial charge >= 0.3 is 0 Å². The molecule has 0 radical (unpaired) electrons. The van der Waals surface area contributed by atoms with Gasteiger partial charge in [0.15, 0.2) is 10.4 Å². The maximum absolute atomic E-state index is 13.5. The summed E-state index contributed by atoms with van der Waals surface area (Å²) in [5.74, 6) is 1.05. The Labute approximate surface area is 222 Å². The average Bonchev–Trinajstić information content (AvgIpc) is 3.39. The van der Waals surface area contributed by atoms with Crippen LogP contribution in [0.5, 0.6) is 11.5 Å². The number of rotatable bonds is 8. The second kappa shape index (κ2) is 10.8. The largest absolute Gasteiger partial charge is 0.497 e. The molecule has 0 aliphatic carbocycles. The van der Waals surface area contributed by atoms with Gasteiger partial charge < -0.3 is 9.47 Å². The number of hydrogen-bond donors (Lipinski definition) is 1. The standard InChI is InChI=1S/C25H22N4O5S3/c1-33-18-11-13-19(14-12-18)37(31,32)29-15-22(34-21-10-6-5-9-20(21)29)23(30)26-24-27-28-25(36-24)35-16-17-7-3-2-4-8-17/h2-14,22H,15-16H2,1H3,(H,26,27,30)/t22-/m0/s1. The average molecular weight is 555 g/mol. The van der Waals surface area contributed by atoms with Crippen molar-refractivity contribution in [1.29, 1.82) is 0 Å². The molecule has 0 saturated carbocycles. The number of fused-ring (bicyclic) bond motifs is 1. The van der Waals surface area contributed by atoms with Gasteiger partial charge in [-0.15, -0.1) is 10.2 Å². The third kappa shape index (κ3) is 5.55. The maximum atomic E-state index is 13.5. The molecule has 1 atom stereocenters. The molecule has 1 amide bonds. The molecule has 0 spiro atoms. The normalized spacial score (nSPS) is 14.9. The molecule has 190 valence electrons. The molecule has 2 heterocycles. The lowest BCUT2D eigenvalue weighted by atomic mass is 10.2. The molecule has 1 aliphatic rings. The summed E-state index contributed by atoms with van der Waals surface area (Å²) in [7, 11) is -2.47. The fourth-order valence-corrected chi connectivity index (χ4v) is 6.85. The highest BCUT2D eigenvalue weighted by Crippen LogP contribution is 2.37. The van der Waals surface area contributed by atoms with E-state index in [-0.39, 0.29) is 11.4 Å². The van der Waals surface area contributed by atoms with Crippen LogP contribution in [0.2, 0.25) is 0 Å². The quantitative estimate of drug-likeness (QED) is 0.252. The van der Waals surface area contributed by atoms with E-state index in [1.807, 2.05) is 30.3 Å². The maximum Gasteiger partial charge on any atom is 0.269 e. The molecule has 9 nitrogen and oxygen atoms in total. The first-order valence-corrected chi connectivity index (χ1v) is 14.4. The number of amides is 1. The van der Waals surface area contributed by atoms with Gasteiger partial charge in [0, 0.05) is 5.75 Å². The highest BCUT2D eigenvalue weighted by molar-refractivity contribution is 8.00. The molecule has 1 N–H and O–H groups in total. The summed E-state index contributed by atoms with van der Waals surface area (Å²) in [5, 5.41) is 11.2. The van der Waals surface area contributed by atoms with Crippen LogP contribution in [0.1, 0.15) is 5.56 Å². The number of ether oxygens (including phenoxy) is 2. The van der Waals surface area contributed by atoms with Crippen LogP contribution >= 0.6 is 23.1 Å². The molecule has 0 fully saturated rings. The minimum Gasteiger partial charge on any atom is -0.497 e. The highest BCUT2D eigenvalue weighted by atomic mass is 32.2. The van der Waals surface area contributed by atoms with Gasteiger partial charge in [-0.1, -0.05) is 65.6 Å². The van der Waals surface area contributed by atoms with Gasteiger partial charge in [0.1, 0.15) is 11.5 Å². The number of benzene rings is 3. The molecular weight excluding hydrogens is 532 g/mol. The number of sulfonamides is 1. The first-order valence-electron chi connectivity index (χ1n) is 11.2. The second-order valence-corrected chi connectivity index (χ2v) is 12.0. The zero-order valence-electron chi connectivity index (χ0n) is 19.6. The van der Waals surface area contributed by atoms with Gasteiger partial charge in [-0.05, 0) is 42.0 Å². The summed E-state index contributed by atoms with van der Waals surface area (Å²) in [6.07, 6.45) is -1.09. The van der Waals surface area contributed by atoms with Crippen LogP contribution < -0.4 is 19.1 Å². The van der Waals surface area contributed by atoms with Gasteiger partial charge in [0.25, 0.3) is 15.9 Å². The van der Waals surface area contributed by atoms with E-state index in [0.717, 1.165) is 11.3 Å². The van der Waals surface area contributed by atoms with Crippen molar-refractivity contribution in [2.24, 2.45) is 0 Å². The molecule has 1 aromatic heterocycles. The number of thioether (sulfide) groups is 1. The molecule has 0 bridgehead atoms. The lowest BCUT2D eigenvalue weighted by molar-refractivity contribution is -0.122. The van der Waals surface area contributed by atoms with E-state index in [2.05, 4.69) is 15.5 Å². The highest BCUT2D eigenvalue weighted by Gasteiger charge is 2.37. The number of nitrogens with one attached hydrogen (secondary N) is 1. The first kappa shape index (κ1) is 25.1. The number of carbonyl (C=O) groups is 1. The van der Waals surface area contributed by atoms with E-state index in [1.54, 1.807) is 36.4 Å². The van der Waals surface area contributed by atoms with E-state index in [1.165, 1.54) is 46.6 Å². The summed E-state index contributed by atoms with van der Waals surface area (Å²) in [6, 6.07) is 22.8. The van der Waals surface area contributed by atoms with Crippen LogP contribution in [0.25, 0.3) is 0 Å². The van der Waals surface area contributed by atoms with Crippen LogP contribution in [-0.4, -0.2) is 44.3 Å². The Bertz CT molecular complexity index is 1490. The van der Waals surface area contributed by atoms with Crippen molar-refractivity contribution < 1.29 is 22.7 Å². The number of anilines is 2. The van der Waals surface area contributed by atoms with Crippen molar-refractivity contribution in [2.45, 2.75) is 21.1 Å². The Kier molecular flexibility index (Phi) is 7.31. The number of para-hydroxylation sites is 2. The number of hydrogen-bond acceptors (Lipinski definition) is 9. The Balaban J connectivity index is 1.32. The zero-order chi connectivity index (χ0) is 25.8. The van der Waals surface area contributed by atoms with E-state index < -0.39 is 22.0 Å². The van der Waals surface area contributed by atoms with Gasteiger partial charge in [0.2, 0.25) is 5.13 Å². The minimum absolute atomic E-state index is 0.0772. The first-order chi connectivity index (χ1) is 17.9. The summed E-state index contributed by atoms with van der Waals surface area (Å²) in [4.78, 5) is 13.2. The predicted molar refractivity (Wildman–Crippen MR) is 143 cm³/mol. The fourth-order valence-electron chi connectivity index (χ4n) is 3.67. The van der Waals surface area contributed by atoms with Crippen LogP contribution in [0, 0.1) is 0 Å². The van der Waals surface area contributed by atoms with E-state index >= 15 is 0 Å². The van der Waals surface area contributed by atoms with E-state index in [4.69, 9.17) is 9.47 Å². The van der Waals surface area contributed by atoms with Crippen molar-refractivity contribution in [1.82, 2.24) is 10.2 Å². The number of aromatic nitrogens is 2. The monoisotopic (exact) mass is 554 g/mol. The Morgan fingerprint density at radius 1 is 1.08 bits per heavy atom. The van der Waals surface area contributed by atoms with Gasteiger partial charge in [-0.25, -0.2) is 8.42 Å². The minimum atomic E-state index is -3.98. The third-order valence-corrected chi connectivity index (χ3v) is 9.35. The van der Waals surface area contributed by atoms with Crippen molar-refractivity contribution in [3.63, 3.8) is 0 Å². The Morgan fingerprint density at radius 3 is 2.57 bits per heavy atom. The van der Waals surface area contributed by atoms with Crippen molar-refractivity contribution in [2.75, 3.05) is 23.3 Å². The second-order valence-electron chi connectivity index (χ2n) is 7.92. The van der Waals surface area contributed by atoms with Crippen LogP contribution in [0.4, 0.5) is 10.8 Å². The van der Waals surface area contributed by atoms with Crippen LogP contribution in [0.15, 0.2) is 88.1 Å². The predicted octanol–water partition coefficient (Wildman–Crippen LogP) is 4.43. The molecule has 3 aromatic carbocycles. The molecular formula is C25H22N4O5S3. The van der Waals surface area contributed by atoms with Crippen molar-refractivity contribution in [3.8, 4) is 11.5 Å². The van der Waals surface area contributed by atoms with Gasteiger partial charge in [-0.2, -0.15) is 0 Å². The topological polar surface area (TPSA) is 111 Å². The fraction of sp³-hybridized carbons (Fsp3) is 0.160. The number of nitrogens with zero attached hydrogens (tertiary/aromatic N) is 3. The molecule has 12 heteroatoms. The van der Waals surface area contributed by atoms with Gasteiger partial charge in [0.05, 0.1) is 24.2 Å². The van der Waals surface area contributed by atoms with Crippen LogP contribution in [-0.2, 0) is 20.6 Å². The smallest absolute Gasteiger partial charge is 0.269 e. The molecule has 0 saturated heterocycles. The third-order valence-electron chi connectivity index (χ3n) is 5.52. The van der Waals surface area contributed by atoms with Gasteiger partial charge in [-0.3, -0.25) is 14.4 Å². The van der Waals surface area contributed by atoms with Crippen molar-refractivity contribution in [3.05, 3.63) is 84.4 Å². The molecule has 0 unspecified atom stereocenters. The van der Waals surface area contributed by atoms with E-state index in [0.29, 0.717) is 26.7 Å². The number of methoxy groups -OCH3 is 1. The molecule has 5 rings (SSSR count). The molecule has 37 heavy (non-hydrogen) atoms. The Morgan fingerprint density at radius 2 is 1.81 bits per heavy atom. The van der Waals surface area contributed by atoms with Crippen LogP contribution in [0.3, 0.4) is 0 Å². The molecule has 4 aromatic rings. The summed E-state index contributed by atoms with van der Waals surface area (Å²) < 4.78 is 40.0.